The Morgan fingerprint density at radius 3 is 2.18 bits per heavy atom. The molecule has 9 heteroatoms. The third-order valence-electron chi connectivity index (χ3n) is 4.70. The second kappa shape index (κ2) is 9.87. The van der Waals surface area contributed by atoms with Crippen LogP contribution < -0.4 is 15.4 Å². The summed E-state index contributed by atoms with van der Waals surface area (Å²) in [5.41, 5.74) is 1.55. The number of rotatable bonds is 6. The van der Waals surface area contributed by atoms with E-state index in [1.807, 2.05) is 27.7 Å². The number of hydrogen-bond acceptors (Lipinski definition) is 4. The highest BCUT2D eigenvalue weighted by Crippen LogP contribution is 2.26. The maximum absolute atomic E-state index is 13.0. The highest BCUT2D eigenvalue weighted by molar-refractivity contribution is 7.92. The van der Waals surface area contributed by atoms with Crippen LogP contribution >= 0.6 is 11.6 Å². The number of nitrogens with one attached hydrogen (secondary N) is 3. The average molecular weight is 500 g/mol. The van der Waals surface area contributed by atoms with Crippen molar-refractivity contribution in [3.8, 4) is 0 Å². The van der Waals surface area contributed by atoms with Crippen molar-refractivity contribution in [3.05, 3.63) is 88.4 Å². The molecule has 3 rings (SSSR count). The molecule has 0 spiro atoms. The van der Waals surface area contributed by atoms with Crippen molar-refractivity contribution in [2.75, 3.05) is 10.0 Å². The number of carbonyl (C=O) groups excluding carboxylic acids is 2. The minimum atomic E-state index is -4.05. The molecule has 0 saturated heterocycles. The summed E-state index contributed by atoms with van der Waals surface area (Å²) in [6.45, 7) is 7.45. The topological polar surface area (TPSA) is 104 Å². The van der Waals surface area contributed by atoms with E-state index in [0.717, 1.165) is 5.56 Å². The third-order valence-corrected chi connectivity index (χ3v) is 6.56. The first kappa shape index (κ1) is 25.3. The van der Waals surface area contributed by atoms with Gasteiger partial charge in [-0.05, 0) is 70.2 Å². The van der Waals surface area contributed by atoms with Gasteiger partial charge in [-0.1, -0.05) is 41.4 Å². The van der Waals surface area contributed by atoms with E-state index in [0.29, 0.717) is 11.4 Å². The zero-order valence-corrected chi connectivity index (χ0v) is 20.8. The second-order valence-electron chi connectivity index (χ2n) is 8.82. The summed E-state index contributed by atoms with van der Waals surface area (Å²) in [7, 11) is -4.05. The van der Waals surface area contributed by atoms with Gasteiger partial charge in [0.2, 0.25) is 0 Å². The lowest BCUT2D eigenvalue weighted by Crippen LogP contribution is -2.40. The third kappa shape index (κ3) is 6.36. The van der Waals surface area contributed by atoms with E-state index >= 15 is 0 Å². The fourth-order valence-corrected chi connectivity index (χ4v) is 4.66. The molecule has 3 N–H and O–H groups in total. The van der Waals surface area contributed by atoms with Crippen LogP contribution in [0, 0.1) is 6.92 Å². The van der Waals surface area contributed by atoms with Gasteiger partial charge in [0.25, 0.3) is 21.8 Å². The van der Waals surface area contributed by atoms with Crippen LogP contribution in [0.15, 0.2) is 71.6 Å². The molecule has 2 amide bonds. The van der Waals surface area contributed by atoms with Gasteiger partial charge in [0.15, 0.2) is 0 Å². The van der Waals surface area contributed by atoms with Crippen molar-refractivity contribution in [2.45, 2.75) is 38.1 Å². The number of amides is 2. The van der Waals surface area contributed by atoms with E-state index in [-0.39, 0.29) is 27.0 Å². The minimum Gasteiger partial charge on any atom is -0.347 e. The van der Waals surface area contributed by atoms with Gasteiger partial charge in [-0.3, -0.25) is 14.3 Å². The lowest BCUT2D eigenvalue weighted by atomic mass is 10.1. The van der Waals surface area contributed by atoms with Crippen LogP contribution in [0.5, 0.6) is 0 Å². The molecule has 0 aromatic heterocycles. The van der Waals surface area contributed by atoms with Gasteiger partial charge >= 0.3 is 0 Å². The van der Waals surface area contributed by atoms with Crippen molar-refractivity contribution in [2.24, 2.45) is 0 Å². The molecule has 0 aliphatic rings. The van der Waals surface area contributed by atoms with E-state index in [2.05, 4.69) is 15.4 Å². The Hall–Kier alpha value is -3.36. The van der Waals surface area contributed by atoms with E-state index < -0.39 is 21.5 Å². The molecule has 0 fully saturated rings. The SMILES string of the molecule is Cc1ccc(NS(=O)(=O)c2cc(C(=O)Nc3ccccc3C(=O)NC(C)(C)C)ccc2Cl)cc1. The Balaban J connectivity index is 1.87. The molecule has 3 aromatic carbocycles. The molecular weight excluding hydrogens is 474 g/mol. The van der Waals surface area contributed by atoms with Crippen LogP contribution in [0.2, 0.25) is 5.02 Å². The number of aryl methyl sites for hydroxylation is 1. The van der Waals surface area contributed by atoms with E-state index in [4.69, 9.17) is 11.6 Å². The highest BCUT2D eigenvalue weighted by atomic mass is 35.5. The second-order valence-corrected chi connectivity index (χ2v) is 10.9. The lowest BCUT2D eigenvalue weighted by Gasteiger charge is -2.21. The largest absolute Gasteiger partial charge is 0.347 e. The predicted octanol–water partition coefficient (Wildman–Crippen LogP) is 5.23. The maximum atomic E-state index is 13.0. The summed E-state index contributed by atoms with van der Waals surface area (Å²) in [4.78, 5) is 25.4. The van der Waals surface area contributed by atoms with Gasteiger partial charge in [0.1, 0.15) is 4.90 Å². The van der Waals surface area contributed by atoms with E-state index in [1.165, 1.54) is 18.2 Å². The Bertz CT molecular complexity index is 1330. The molecule has 0 bridgehead atoms. The monoisotopic (exact) mass is 499 g/mol. The van der Waals surface area contributed by atoms with E-state index in [1.54, 1.807) is 48.5 Å². The molecular formula is C25H26ClN3O4S. The number of para-hydroxylation sites is 1. The number of carbonyl (C=O) groups is 2. The van der Waals surface area contributed by atoms with Crippen LogP contribution in [-0.4, -0.2) is 25.8 Å². The first-order chi connectivity index (χ1) is 15.9. The van der Waals surface area contributed by atoms with Crippen molar-refractivity contribution < 1.29 is 18.0 Å². The maximum Gasteiger partial charge on any atom is 0.263 e. The zero-order chi connectivity index (χ0) is 25.1. The van der Waals surface area contributed by atoms with Crippen molar-refractivity contribution in [1.29, 1.82) is 0 Å². The molecule has 0 aliphatic carbocycles. The van der Waals surface area contributed by atoms with Gasteiger partial charge in [0, 0.05) is 16.8 Å². The molecule has 0 atom stereocenters. The average Bonchev–Trinajstić information content (AvgIpc) is 2.74. The van der Waals surface area contributed by atoms with Crippen molar-refractivity contribution in [3.63, 3.8) is 0 Å². The first-order valence-electron chi connectivity index (χ1n) is 10.5. The number of hydrogen-bond donors (Lipinski definition) is 3. The van der Waals surface area contributed by atoms with Crippen LogP contribution in [0.25, 0.3) is 0 Å². The summed E-state index contributed by atoms with van der Waals surface area (Å²) in [5.74, 6) is -0.926. The Morgan fingerprint density at radius 1 is 0.882 bits per heavy atom. The standard InChI is InChI=1S/C25H26ClN3O4S/c1-16-9-12-18(13-10-16)29-34(32,33)22-15-17(11-14-20(22)26)23(30)27-21-8-6-5-7-19(21)24(31)28-25(2,3)4/h5-15,29H,1-4H3,(H,27,30)(H,28,31). The van der Waals surface area contributed by atoms with Crippen LogP contribution in [-0.2, 0) is 10.0 Å². The highest BCUT2D eigenvalue weighted by Gasteiger charge is 2.22. The Labute approximate surface area is 204 Å². The number of sulfonamides is 1. The van der Waals surface area contributed by atoms with Crippen molar-refractivity contribution in [1.82, 2.24) is 5.32 Å². The fraction of sp³-hybridized carbons (Fsp3) is 0.200. The first-order valence-corrected chi connectivity index (χ1v) is 12.3. The number of halogens is 1. The van der Waals surface area contributed by atoms with Crippen molar-refractivity contribution >= 4 is 44.8 Å². The van der Waals surface area contributed by atoms with Crippen LogP contribution in [0.3, 0.4) is 0 Å². The van der Waals surface area contributed by atoms with Gasteiger partial charge < -0.3 is 10.6 Å². The van der Waals surface area contributed by atoms with Gasteiger partial charge in [0.05, 0.1) is 16.3 Å². The summed E-state index contributed by atoms with van der Waals surface area (Å²) in [5, 5.41) is 5.52. The fourth-order valence-electron chi connectivity index (χ4n) is 3.07. The summed E-state index contributed by atoms with van der Waals surface area (Å²) < 4.78 is 28.3. The minimum absolute atomic E-state index is 0.0267. The summed E-state index contributed by atoms with van der Waals surface area (Å²) >= 11 is 6.16. The molecule has 0 saturated carbocycles. The number of benzene rings is 3. The summed E-state index contributed by atoms with van der Waals surface area (Å²) in [6.07, 6.45) is 0. The molecule has 0 aliphatic heterocycles. The van der Waals surface area contributed by atoms with Gasteiger partial charge in [-0.15, -0.1) is 0 Å². The molecule has 3 aromatic rings. The van der Waals surface area contributed by atoms with Crippen LogP contribution in [0.4, 0.5) is 11.4 Å². The summed E-state index contributed by atoms with van der Waals surface area (Å²) in [6, 6.07) is 17.4. The zero-order valence-electron chi connectivity index (χ0n) is 19.3. The molecule has 34 heavy (non-hydrogen) atoms. The molecule has 178 valence electrons. The normalized spacial score (nSPS) is 11.6. The molecule has 0 heterocycles. The molecule has 0 radical (unpaired) electrons. The Kier molecular flexibility index (Phi) is 7.33. The molecule has 7 nitrogen and oxygen atoms in total. The quantitative estimate of drug-likeness (QED) is 0.432. The van der Waals surface area contributed by atoms with Crippen LogP contribution in [0.1, 0.15) is 47.1 Å². The predicted molar refractivity (Wildman–Crippen MR) is 135 cm³/mol. The number of anilines is 2. The smallest absolute Gasteiger partial charge is 0.263 e. The van der Waals surface area contributed by atoms with Gasteiger partial charge in [-0.2, -0.15) is 0 Å². The molecule has 0 unspecified atom stereocenters. The lowest BCUT2D eigenvalue weighted by molar-refractivity contribution is 0.0920. The van der Waals surface area contributed by atoms with E-state index in [9.17, 15) is 18.0 Å². The van der Waals surface area contributed by atoms with Gasteiger partial charge in [-0.25, -0.2) is 8.42 Å². The Morgan fingerprint density at radius 2 is 1.53 bits per heavy atom.